The number of carbonyl (C=O) groups is 3. The summed E-state index contributed by atoms with van der Waals surface area (Å²) < 4.78 is 9.80. The molecule has 2 N–H and O–H groups in total. The van der Waals surface area contributed by atoms with E-state index in [-0.39, 0.29) is 45.4 Å². The molecule has 0 aliphatic heterocycles. The maximum atomic E-state index is 11.8. The minimum Gasteiger partial charge on any atom is -0.459 e. The van der Waals surface area contributed by atoms with Crippen molar-refractivity contribution in [1.29, 1.82) is 0 Å². The minimum absolute atomic E-state index is 0.0409. The van der Waals surface area contributed by atoms with Gasteiger partial charge in [-0.3, -0.25) is 14.4 Å². The highest BCUT2D eigenvalue weighted by atomic mass is 35.5. The van der Waals surface area contributed by atoms with Gasteiger partial charge in [0.2, 0.25) is 0 Å². The van der Waals surface area contributed by atoms with E-state index in [1.54, 1.807) is 6.07 Å². The van der Waals surface area contributed by atoms with Gasteiger partial charge in [-0.25, -0.2) is 0 Å². The quantitative estimate of drug-likeness (QED) is 0.373. The van der Waals surface area contributed by atoms with Crippen LogP contribution in [0, 0.1) is 0 Å². The molecule has 0 aliphatic rings. The first-order valence-corrected chi connectivity index (χ1v) is 8.92. The van der Waals surface area contributed by atoms with Crippen LogP contribution in [0.2, 0.25) is 15.1 Å². The van der Waals surface area contributed by atoms with Crippen molar-refractivity contribution >= 4 is 58.3 Å². The second-order valence-corrected chi connectivity index (χ2v) is 6.51. The predicted molar refractivity (Wildman–Crippen MR) is 101 cm³/mol. The van der Waals surface area contributed by atoms with Crippen LogP contribution in [0.25, 0.3) is 0 Å². The fraction of sp³-hybridized carbons (Fsp3) is 0.235. The molecule has 0 aliphatic carbocycles. The molecule has 0 saturated heterocycles. The summed E-state index contributed by atoms with van der Waals surface area (Å²) in [5, 5.41) is 5.76. The van der Waals surface area contributed by atoms with Crippen molar-refractivity contribution < 1.29 is 23.5 Å². The Morgan fingerprint density at radius 2 is 1.81 bits per heavy atom. The number of nitrogens with one attached hydrogen (secondary N) is 2. The Bertz CT molecular complexity index is 824. The highest BCUT2D eigenvalue weighted by molar-refractivity contribution is 6.44. The number of carbonyl (C=O) groups excluding carboxylic acids is 3. The fourth-order valence-corrected chi connectivity index (χ4v) is 2.55. The lowest BCUT2D eigenvalue weighted by molar-refractivity contribution is -0.147. The number of halogens is 3. The number of benzene rings is 1. The largest absolute Gasteiger partial charge is 0.459 e. The Kier molecular flexibility index (Phi) is 7.97. The number of hydrogen-bond acceptors (Lipinski definition) is 5. The summed E-state index contributed by atoms with van der Waals surface area (Å²) in [5.74, 6) is -1.33. The van der Waals surface area contributed by atoms with Gasteiger partial charge in [0, 0.05) is 13.0 Å². The lowest BCUT2D eigenvalue weighted by atomic mass is 10.3. The van der Waals surface area contributed by atoms with Crippen molar-refractivity contribution in [2.24, 2.45) is 0 Å². The van der Waals surface area contributed by atoms with E-state index >= 15 is 0 Å². The molecule has 144 valence electrons. The van der Waals surface area contributed by atoms with Gasteiger partial charge in [0.1, 0.15) is 0 Å². The first-order chi connectivity index (χ1) is 12.9. The molecule has 0 bridgehead atoms. The molecule has 2 rings (SSSR count). The minimum atomic E-state index is -0.574. The molecule has 27 heavy (non-hydrogen) atoms. The van der Waals surface area contributed by atoms with Crippen molar-refractivity contribution in [1.82, 2.24) is 5.32 Å². The highest BCUT2D eigenvalue weighted by Gasteiger charge is 2.12. The second kappa shape index (κ2) is 10.2. The maximum absolute atomic E-state index is 11.8. The predicted octanol–water partition coefficient (Wildman–Crippen LogP) is 3.93. The highest BCUT2D eigenvalue weighted by Crippen LogP contribution is 2.32. The number of esters is 1. The molecule has 0 radical (unpaired) electrons. The van der Waals surface area contributed by atoms with E-state index in [4.69, 9.17) is 44.0 Å². The average molecular weight is 434 g/mol. The van der Waals surface area contributed by atoms with Crippen LogP contribution in [0.3, 0.4) is 0 Å². The average Bonchev–Trinajstić information content (AvgIpc) is 3.16. The van der Waals surface area contributed by atoms with Gasteiger partial charge in [-0.05, 0) is 30.7 Å². The molecule has 1 aromatic heterocycles. The lowest BCUT2D eigenvalue weighted by Crippen LogP contribution is -2.25. The first-order valence-electron chi connectivity index (χ1n) is 7.78. The molecule has 2 aromatic rings. The molecule has 1 heterocycles. The topological polar surface area (TPSA) is 97.6 Å². The third-order valence-electron chi connectivity index (χ3n) is 3.24. The van der Waals surface area contributed by atoms with Crippen molar-refractivity contribution in [3.8, 4) is 0 Å². The van der Waals surface area contributed by atoms with Gasteiger partial charge >= 0.3 is 5.97 Å². The molecule has 2 amide bonds. The van der Waals surface area contributed by atoms with Crippen LogP contribution in [0.4, 0.5) is 5.69 Å². The summed E-state index contributed by atoms with van der Waals surface area (Å²) in [6.07, 6.45) is 1.78. The van der Waals surface area contributed by atoms with E-state index < -0.39 is 18.5 Å². The zero-order valence-corrected chi connectivity index (χ0v) is 16.2. The number of hydrogen-bond donors (Lipinski definition) is 2. The van der Waals surface area contributed by atoms with E-state index in [2.05, 4.69) is 10.6 Å². The zero-order chi connectivity index (χ0) is 19.8. The summed E-state index contributed by atoms with van der Waals surface area (Å²) >= 11 is 17.6. The molecule has 0 unspecified atom stereocenters. The molecule has 0 atom stereocenters. The van der Waals surface area contributed by atoms with Crippen LogP contribution >= 0.6 is 34.8 Å². The fourth-order valence-electron chi connectivity index (χ4n) is 1.95. The van der Waals surface area contributed by atoms with E-state index in [0.29, 0.717) is 6.42 Å². The number of amides is 2. The van der Waals surface area contributed by atoms with Crippen molar-refractivity contribution in [3.63, 3.8) is 0 Å². The van der Waals surface area contributed by atoms with E-state index in [1.165, 1.54) is 24.5 Å². The van der Waals surface area contributed by atoms with E-state index in [1.807, 2.05) is 0 Å². The standard InChI is InChI=1S/C17H15Cl3N2O5/c18-10-7-12(20)13(8-11(10)19)22-15(23)9-27-16(24)4-1-5-21-17(25)14-3-2-6-26-14/h2-3,6-8H,1,4-5,9H2,(H,21,25)(H,22,23). The Balaban J connectivity index is 1.65. The van der Waals surface area contributed by atoms with E-state index in [9.17, 15) is 14.4 Å². The summed E-state index contributed by atoms with van der Waals surface area (Å²) in [5.41, 5.74) is 0.257. The number of rotatable bonds is 8. The molecule has 0 fully saturated rings. The second-order valence-electron chi connectivity index (χ2n) is 5.29. The van der Waals surface area contributed by atoms with Crippen LogP contribution in [0.1, 0.15) is 23.4 Å². The van der Waals surface area contributed by atoms with Gasteiger partial charge in [-0.2, -0.15) is 0 Å². The van der Waals surface area contributed by atoms with E-state index in [0.717, 1.165) is 0 Å². The maximum Gasteiger partial charge on any atom is 0.306 e. The summed E-state index contributed by atoms with van der Waals surface area (Å²) in [4.78, 5) is 35.1. The SMILES string of the molecule is O=C(COC(=O)CCCNC(=O)c1ccco1)Nc1cc(Cl)c(Cl)cc1Cl. The first kappa shape index (κ1) is 21.1. The van der Waals surface area contributed by atoms with Crippen molar-refractivity contribution in [2.45, 2.75) is 12.8 Å². The molecule has 0 spiro atoms. The van der Waals surface area contributed by atoms with Gasteiger partial charge in [-0.1, -0.05) is 34.8 Å². The van der Waals surface area contributed by atoms with Crippen LogP contribution in [-0.2, 0) is 14.3 Å². The normalized spacial score (nSPS) is 10.3. The van der Waals surface area contributed by atoms with Crippen LogP contribution < -0.4 is 10.6 Å². The summed E-state index contributed by atoms with van der Waals surface area (Å²) in [6, 6.07) is 5.92. The molecular weight excluding hydrogens is 419 g/mol. The number of ether oxygens (including phenoxy) is 1. The van der Waals surface area contributed by atoms with Crippen LogP contribution in [0.5, 0.6) is 0 Å². The smallest absolute Gasteiger partial charge is 0.306 e. The van der Waals surface area contributed by atoms with Gasteiger partial charge < -0.3 is 19.8 Å². The van der Waals surface area contributed by atoms with Crippen LogP contribution in [-0.4, -0.2) is 30.9 Å². The summed E-state index contributed by atoms with van der Waals surface area (Å²) in [7, 11) is 0. The molecule has 0 saturated carbocycles. The third kappa shape index (κ3) is 6.78. The molecule has 1 aromatic carbocycles. The van der Waals surface area contributed by atoms with Crippen molar-refractivity contribution in [2.75, 3.05) is 18.5 Å². The monoisotopic (exact) mass is 432 g/mol. The van der Waals surface area contributed by atoms with Gasteiger partial charge in [-0.15, -0.1) is 0 Å². The Morgan fingerprint density at radius 1 is 1.07 bits per heavy atom. The third-order valence-corrected chi connectivity index (χ3v) is 4.27. The van der Waals surface area contributed by atoms with Gasteiger partial charge in [0.15, 0.2) is 12.4 Å². The molecular formula is C17H15Cl3N2O5. The molecule has 7 nitrogen and oxygen atoms in total. The van der Waals surface area contributed by atoms with Gasteiger partial charge in [0.25, 0.3) is 11.8 Å². The summed E-state index contributed by atoms with van der Waals surface area (Å²) in [6.45, 7) is -0.214. The van der Waals surface area contributed by atoms with Crippen molar-refractivity contribution in [3.05, 3.63) is 51.4 Å². The Hall–Kier alpha value is -2.22. The Labute approximate surface area is 169 Å². The van der Waals surface area contributed by atoms with Crippen LogP contribution in [0.15, 0.2) is 34.9 Å². The number of anilines is 1. The van der Waals surface area contributed by atoms with Gasteiger partial charge in [0.05, 0.1) is 27.0 Å². The Morgan fingerprint density at radius 3 is 2.52 bits per heavy atom. The number of furan rings is 1. The lowest BCUT2D eigenvalue weighted by Gasteiger charge is -2.09. The molecule has 10 heteroatoms. The zero-order valence-electron chi connectivity index (χ0n) is 13.9.